The van der Waals surface area contributed by atoms with Gasteiger partial charge in [-0.05, 0) is 76.1 Å². The Bertz CT molecular complexity index is 1010. The van der Waals surface area contributed by atoms with Crippen molar-refractivity contribution in [1.82, 2.24) is 14.8 Å². The van der Waals surface area contributed by atoms with E-state index in [9.17, 15) is 4.79 Å². The Morgan fingerprint density at radius 2 is 1.73 bits per heavy atom. The van der Waals surface area contributed by atoms with E-state index >= 15 is 0 Å². The van der Waals surface area contributed by atoms with Gasteiger partial charge in [0.2, 0.25) is 5.91 Å². The monoisotopic (exact) mass is 423 g/mol. The van der Waals surface area contributed by atoms with Crippen LogP contribution in [0.5, 0.6) is 0 Å². The van der Waals surface area contributed by atoms with Crippen molar-refractivity contribution in [3.05, 3.63) is 59.4 Å². The van der Waals surface area contributed by atoms with Crippen molar-refractivity contribution >= 4 is 29.0 Å². The smallest absolute Gasteiger partial charge is 0.234 e. The number of aromatic nitrogens is 3. The topological polar surface area (TPSA) is 63.1 Å². The number of hydrogen-bond donors (Lipinski definition) is 1. The van der Waals surface area contributed by atoms with Crippen LogP contribution in [0.15, 0.2) is 47.6 Å². The second kappa shape index (κ2) is 9.80. The molecular weight excluding hydrogens is 394 g/mol. The molecule has 2 aromatic carbocycles. The SMILES string of the molecule is CCN(CC)c1ccc(NC(=O)CSc2nnc(C)n2-c2cc(C)ccc2C)cc1. The molecule has 158 valence electrons. The second-order valence-electron chi connectivity index (χ2n) is 7.21. The van der Waals surface area contributed by atoms with Crippen LogP contribution >= 0.6 is 11.8 Å². The molecule has 0 bridgehead atoms. The van der Waals surface area contributed by atoms with Gasteiger partial charge < -0.3 is 10.2 Å². The van der Waals surface area contributed by atoms with E-state index in [0.717, 1.165) is 41.5 Å². The van der Waals surface area contributed by atoms with Gasteiger partial charge in [-0.3, -0.25) is 9.36 Å². The Labute approximate surface area is 182 Å². The van der Waals surface area contributed by atoms with Gasteiger partial charge in [0.05, 0.1) is 11.4 Å². The predicted octanol–water partition coefficient (Wildman–Crippen LogP) is 4.77. The summed E-state index contributed by atoms with van der Waals surface area (Å²) in [7, 11) is 0. The number of nitrogens with zero attached hydrogens (tertiary/aromatic N) is 4. The van der Waals surface area contributed by atoms with Gasteiger partial charge in [-0.15, -0.1) is 10.2 Å². The molecule has 0 aliphatic carbocycles. The average Bonchev–Trinajstić information content (AvgIpc) is 3.10. The molecule has 0 fully saturated rings. The molecule has 1 amide bonds. The first-order chi connectivity index (χ1) is 14.4. The van der Waals surface area contributed by atoms with Crippen molar-refractivity contribution in [2.75, 3.05) is 29.1 Å². The molecule has 3 rings (SSSR count). The van der Waals surface area contributed by atoms with E-state index in [1.54, 1.807) is 0 Å². The molecular formula is C23H29N5OS. The number of nitrogens with one attached hydrogen (secondary N) is 1. The van der Waals surface area contributed by atoms with Crippen LogP contribution in [0.3, 0.4) is 0 Å². The summed E-state index contributed by atoms with van der Waals surface area (Å²) in [6.07, 6.45) is 0. The van der Waals surface area contributed by atoms with Crippen LogP contribution in [0.25, 0.3) is 5.69 Å². The third-order valence-corrected chi connectivity index (χ3v) is 5.94. The van der Waals surface area contributed by atoms with Gasteiger partial charge in [-0.25, -0.2) is 0 Å². The summed E-state index contributed by atoms with van der Waals surface area (Å²) < 4.78 is 2.01. The normalized spacial score (nSPS) is 10.8. The summed E-state index contributed by atoms with van der Waals surface area (Å²) >= 11 is 1.39. The maximum absolute atomic E-state index is 12.5. The highest BCUT2D eigenvalue weighted by Crippen LogP contribution is 2.25. The van der Waals surface area contributed by atoms with Gasteiger partial charge in [0.25, 0.3) is 0 Å². The third-order valence-electron chi connectivity index (χ3n) is 5.01. The number of rotatable bonds is 8. The van der Waals surface area contributed by atoms with Gasteiger partial charge in [-0.2, -0.15) is 0 Å². The Morgan fingerprint density at radius 3 is 2.40 bits per heavy atom. The zero-order valence-corrected chi connectivity index (χ0v) is 19.1. The summed E-state index contributed by atoms with van der Waals surface area (Å²) in [5, 5.41) is 12.2. The van der Waals surface area contributed by atoms with Crippen LogP contribution < -0.4 is 10.2 Å². The first-order valence-corrected chi connectivity index (χ1v) is 11.2. The van der Waals surface area contributed by atoms with E-state index in [2.05, 4.69) is 66.3 Å². The molecule has 0 aliphatic heterocycles. The van der Waals surface area contributed by atoms with Crippen molar-refractivity contribution in [2.24, 2.45) is 0 Å². The molecule has 0 spiro atoms. The summed E-state index contributed by atoms with van der Waals surface area (Å²) in [5.74, 6) is 1.00. The molecule has 7 heteroatoms. The standard InChI is InChI=1S/C23H29N5OS/c1-6-27(7-2)20-12-10-19(11-13-20)24-22(29)15-30-23-26-25-18(5)28(23)21-14-16(3)8-9-17(21)4/h8-14H,6-7,15H2,1-5H3,(H,24,29). The number of carbonyl (C=O) groups excluding carboxylic acids is 1. The molecule has 0 saturated carbocycles. The zero-order chi connectivity index (χ0) is 21.7. The highest BCUT2D eigenvalue weighted by Gasteiger charge is 2.15. The van der Waals surface area contributed by atoms with Crippen LogP contribution in [-0.2, 0) is 4.79 Å². The van der Waals surface area contributed by atoms with Gasteiger partial charge in [0, 0.05) is 24.5 Å². The minimum absolute atomic E-state index is 0.0660. The Hall–Kier alpha value is -2.80. The highest BCUT2D eigenvalue weighted by atomic mass is 32.2. The third kappa shape index (κ3) is 5.02. The Kier molecular flexibility index (Phi) is 7.15. The number of benzene rings is 2. The molecule has 0 radical (unpaired) electrons. The van der Waals surface area contributed by atoms with Crippen LogP contribution in [0, 0.1) is 20.8 Å². The molecule has 1 N–H and O–H groups in total. The van der Waals surface area contributed by atoms with Gasteiger partial charge >= 0.3 is 0 Å². The van der Waals surface area contributed by atoms with Crippen LogP contribution in [0.4, 0.5) is 11.4 Å². The molecule has 0 saturated heterocycles. The van der Waals surface area contributed by atoms with E-state index in [1.807, 2.05) is 35.8 Å². The number of anilines is 2. The lowest BCUT2D eigenvalue weighted by molar-refractivity contribution is -0.113. The fraction of sp³-hybridized carbons (Fsp3) is 0.348. The van der Waals surface area contributed by atoms with Crippen molar-refractivity contribution < 1.29 is 4.79 Å². The Morgan fingerprint density at radius 1 is 1.03 bits per heavy atom. The molecule has 0 unspecified atom stereocenters. The molecule has 0 atom stereocenters. The maximum atomic E-state index is 12.5. The average molecular weight is 424 g/mol. The van der Waals surface area contributed by atoms with E-state index in [-0.39, 0.29) is 11.7 Å². The Balaban J connectivity index is 1.67. The number of thioether (sulfide) groups is 1. The number of aryl methyl sites for hydroxylation is 3. The number of carbonyl (C=O) groups is 1. The summed E-state index contributed by atoms with van der Waals surface area (Å²) in [6.45, 7) is 12.2. The quantitative estimate of drug-likeness (QED) is 0.529. The first kappa shape index (κ1) is 21.9. The lowest BCUT2D eigenvalue weighted by Crippen LogP contribution is -2.21. The van der Waals surface area contributed by atoms with Crippen LogP contribution in [0.1, 0.15) is 30.8 Å². The molecule has 1 aromatic heterocycles. The van der Waals surface area contributed by atoms with E-state index in [1.165, 1.54) is 17.3 Å². The van der Waals surface area contributed by atoms with Crippen molar-refractivity contribution in [3.8, 4) is 5.69 Å². The fourth-order valence-electron chi connectivity index (χ4n) is 3.35. The molecule has 3 aromatic rings. The fourth-order valence-corrected chi connectivity index (χ4v) is 4.14. The van der Waals surface area contributed by atoms with Crippen molar-refractivity contribution in [3.63, 3.8) is 0 Å². The van der Waals surface area contributed by atoms with E-state index in [0.29, 0.717) is 5.16 Å². The summed E-state index contributed by atoms with van der Waals surface area (Å²) in [6, 6.07) is 14.3. The first-order valence-electron chi connectivity index (χ1n) is 10.2. The number of amides is 1. The molecule has 30 heavy (non-hydrogen) atoms. The highest BCUT2D eigenvalue weighted by molar-refractivity contribution is 7.99. The second-order valence-corrected chi connectivity index (χ2v) is 8.15. The van der Waals surface area contributed by atoms with Gasteiger partial charge in [-0.1, -0.05) is 23.9 Å². The number of hydrogen-bond acceptors (Lipinski definition) is 5. The van der Waals surface area contributed by atoms with Gasteiger partial charge in [0.1, 0.15) is 5.82 Å². The minimum atomic E-state index is -0.0660. The maximum Gasteiger partial charge on any atom is 0.234 e. The molecule has 6 nitrogen and oxygen atoms in total. The minimum Gasteiger partial charge on any atom is -0.372 e. The summed E-state index contributed by atoms with van der Waals surface area (Å²) in [4.78, 5) is 14.8. The van der Waals surface area contributed by atoms with Gasteiger partial charge in [0.15, 0.2) is 5.16 Å². The van der Waals surface area contributed by atoms with E-state index in [4.69, 9.17) is 0 Å². The van der Waals surface area contributed by atoms with Crippen molar-refractivity contribution in [2.45, 2.75) is 39.8 Å². The molecule has 1 heterocycles. The van der Waals surface area contributed by atoms with Crippen molar-refractivity contribution in [1.29, 1.82) is 0 Å². The summed E-state index contributed by atoms with van der Waals surface area (Å²) in [5.41, 5.74) is 5.31. The van der Waals surface area contributed by atoms with Crippen LogP contribution in [0.2, 0.25) is 0 Å². The largest absolute Gasteiger partial charge is 0.372 e. The van der Waals surface area contributed by atoms with Crippen LogP contribution in [-0.4, -0.2) is 39.5 Å². The lowest BCUT2D eigenvalue weighted by atomic mass is 10.1. The predicted molar refractivity (Wildman–Crippen MR) is 125 cm³/mol. The lowest BCUT2D eigenvalue weighted by Gasteiger charge is -2.21. The zero-order valence-electron chi connectivity index (χ0n) is 18.3. The molecule has 0 aliphatic rings. The van der Waals surface area contributed by atoms with E-state index < -0.39 is 0 Å².